The molecule has 0 saturated carbocycles. The minimum absolute atomic E-state index is 0.609. The Hall–Kier alpha value is -0.490. The van der Waals surface area contributed by atoms with Crippen molar-refractivity contribution in [2.45, 2.75) is 38.5 Å². The Morgan fingerprint density at radius 1 is 1.35 bits per heavy atom. The van der Waals surface area contributed by atoms with Gasteiger partial charge in [0.05, 0.1) is 30.5 Å². The molecule has 5 heteroatoms. The van der Waals surface area contributed by atoms with Crippen molar-refractivity contribution in [1.82, 2.24) is 10.3 Å². The van der Waals surface area contributed by atoms with Gasteiger partial charge in [-0.1, -0.05) is 6.92 Å². The summed E-state index contributed by atoms with van der Waals surface area (Å²) in [5.41, 5.74) is 1.36. The Morgan fingerprint density at radius 3 is 3.05 bits per heavy atom. The van der Waals surface area contributed by atoms with Crippen LogP contribution in [0.2, 0.25) is 0 Å². The number of nitrogens with zero attached hydrogens (tertiary/aromatic N) is 1. The van der Waals surface area contributed by atoms with Gasteiger partial charge in [0, 0.05) is 30.9 Å². The Labute approximate surface area is 125 Å². The first-order valence-electron chi connectivity index (χ1n) is 7.61. The molecule has 2 rings (SSSR count). The van der Waals surface area contributed by atoms with E-state index in [4.69, 9.17) is 14.5 Å². The molecule has 0 spiro atoms. The van der Waals surface area contributed by atoms with E-state index in [0.717, 1.165) is 26.1 Å². The molecule has 1 N–H and O–H groups in total. The van der Waals surface area contributed by atoms with Crippen LogP contribution in [0.3, 0.4) is 0 Å². The first-order chi connectivity index (χ1) is 9.85. The van der Waals surface area contributed by atoms with Gasteiger partial charge in [-0.15, -0.1) is 11.3 Å². The molecule has 1 aromatic rings. The molecule has 0 fully saturated rings. The number of aryl methyl sites for hydroxylation is 1. The fraction of sp³-hybridized carbons (Fsp3) is 0.800. The van der Waals surface area contributed by atoms with Crippen LogP contribution in [-0.2, 0) is 22.3 Å². The van der Waals surface area contributed by atoms with Crippen molar-refractivity contribution >= 4 is 11.3 Å². The summed E-state index contributed by atoms with van der Waals surface area (Å²) in [7, 11) is 1.70. The highest BCUT2D eigenvalue weighted by atomic mass is 32.1. The van der Waals surface area contributed by atoms with Crippen LogP contribution < -0.4 is 5.32 Å². The number of nitrogens with one attached hydrogen (secondary N) is 1. The summed E-state index contributed by atoms with van der Waals surface area (Å²) < 4.78 is 10.5. The second-order valence-corrected chi connectivity index (χ2v) is 6.34. The van der Waals surface area contributed by atoms with Crippen molar-refractivity contribution in [1.29, 1.82) is 0 Å². The monoisotopic (exact) mass is 298 g/mol. The zero-order valence-corrected chi connectivity index (χ0v) is 13.4. The SMILES string of the molecule is CCNCC1CCCc2sc(CCOCCOC)nc21. The van der Waals surface area contributed by atoms with Crippen LogP contribution >= 0.6 is 11.3 Å². The van der Waals surface area contributed by atoms with Crippen LogP contribution in [0.25, 0.3) is 0 Å². The van der Waals surface area contributed by atoms with E-state index in [2.05, 4.69) is 12.2 Å². The van der Waals surface area contributed by atoms with E-state index in [9.17, 15) is 0 Å². The Balaban J connectivity index is 1.85. The number of hydrogen-bond acceptors (Lipinski definition) is 5. The third kappa shape index (κ3) is 4.52. The third-order valence-corrected chi connectivity index (χ3v) is 4.84. The van der Waals surface area contributed by atoms with Gasteiger partial charge in [0.2, 0.25) is 0 Å². The number of ether oxygens (including phenoxy) is 2. The normalized spacial score (nSPS) is 18.2. The lowest BCUT2D eigenvalue weighted by atomic mass is 9.91. The van der Waals surface area contributed by atoms with Crippen molar-refractivity contribution in [3.8, 4) is 0 Å². The van der Waals surface area contributed by atoms with Crippen LogP contribution in [0.5, 0.6) is 0 Å². The molecule has 0 radical (unpaired) electrons. The smallest absolute Gasteiger partial charge is 0.0954 e. The highest BCUT2D eigenvalue weighted by Gasteiger charge is 2.24. The summed E-state index contributed by atoms with van der Waals surface area (Å²) in [6.07, 6.45) is 4.71. The van der Waals surface area contributed by atoms with E-state index >= 15 is 0 Å². The topological polar surface area (TPSA) is 43.4 Å². The highest BCUT2D eigenvalue weighted by molar-refractivity contribution is 7.11. The maximum absolute atomic E-state index is 5.53. The second kappa shape index (κ2) is 8.72. The third-order valence-electron chi connectivity index (χ3n) is 3.65. The van der Waals surface area contributed by atoms with Crippen molar-refractivity contribution < 1.29 is 9.47 Å². The fourth-order valence-corrected chi connectivity index (χ4v) is 3.76. The molecule has 0 saturated heterocycles. The van der Waals surface area contributed by atoms with Gasteiger partial charge in [-0.3, -0.25) is 0 Å². The lowest BCUT2D eigenvalue weighted by Crippen LogP contribution is -2.24. The summed E-state index contributed by atoms with van der Waals surface area (Å²) in [4.78, 5) is 6.38. The molecule has 0 amide bonds. The average Bonchev–Trinajstić information content (AvgIpc) is 2.88. The fourth-order valence-electron chi connectivity index (χ4n) is 2.59. The predicted molar refractivity (Wildman–Crippen MR) is 82.7 cm³/mol. The molecule has 1 unspecified atom stereocenters. The number of fused-ring (bicyclic) bond motifs is 1. The highest BCUT2D eigenvalue weighted by Crippen LogP contribution is 2.34. The predicted octanol–water partition coefficient (Wildman–Crippen LogP) is 2.38. The number of hydrogen-bond donors (Lipinski definition) is 1. The van der Waals surface area contributed by atoms with Gasteiger partial charge < -0.3 is 14.8 Å². The number of thiazole rings is 1. The van der Waals surface area contributed by atoms with Crippen molar-refractivity contribution in [3.05, 3.63) is 15.6 Å². The molecule has 1 aliphatic carbocycles. The zero-order chi connectivity index (χ0) is 14.2. The van der Waals surface area contributed by atoms with Crippen molar-refractivity contribution in [2.24, 2.45) is 0 Å². The van der Waals surface area contributed by atoms with Gasteiger partial charge >= 0.3 is 0 Å². The molecule has 1 atom stereocenters. The molecule has 1 aliphatic rings. The first-order valence-corrected chi connectivity index (χ1v) is 8.42. The summed E-state index contributed by atoms with van der Waals surface area (Å²) >= 11 is 1.89. The van der Waals surface area contributed by atoms with Gasteiger partial charge in [-0.05, 0) is 25.8 Å². The number of likely N-dealkylation sites (N-methyl/N-ethyl adjacent to an activating group) is 1. The van der Waals surface area contributed by atoms with E-state index < -0.39 is 0 Å². The van der Waals surface area contributed by atoms with Gasteiger partial charge in [0.15, 0.2) is 0 Å². The summed E-state index contributed by atoms with van der Waals surface area (Å²) in [6, 6.07) is 0. The van der Waals surface area contributed by atoms with Crippen LogP contribution in [0.4, 0.5) is 0 Å². The molecule has 20 heavy (non-hydrogen) atoms. The van der Waals surface area contributed by atoms with Crippen molar-refractivity contribution in [2.75, 3.05) is 40.0 Å². The van der Waals surface area contributed by atoms with Crippen molar-refractivity contribution in [3.63, 3.8) is 0 Å². The van der Waals surface area contributed by atoms with Crippen LogP contribution in [-0.4, -0.2) is 45.0 Å². The van der Waals surface area contributed by atoms with E-state index in [1.54, 1.807) is 7.11 Å². The number of methoxy groups -OCH3 is 1. The lowest BCUT2D eigenvalue weighted by molar-refractivity contribution is 0.0722. The van der Waals surface area contributed by atoms with Gasteiger partial charge in [-0.25, -0.2) is 4.98 Å². The van der Waals surface area contributed by atoms with Gasteiger partial charge in [0.25, 0.3) is 0 Å². The van der Waals surface area contributed by atoms with Gasteiger partial charge in [-0.2, -0.15) is 0 Å². The molecule has 0 aromatic carbocycles. The summed E-state index contributed by atoms with van der Waals surface area (Å²) in [6.45, 7) is 6.35. The zero-order valence-electron chi connectivity index (χ0n) is 12.6. The first kappa shape index (κ1) is 15.9. The van der Waals surface area contributed by atoms with E-state index in [0.29, 0.717) is 19.1 Å². The minimum Gasteiger partial charge on any atom is -0.382 e. The van der Waals surface area contributed by atoms with E-state index in [1.165, 1.54) is 34.8 Å². The minimum atomic E-state index is 0.609. The maximum atomic E-state index is 5.53. The van der Waals surface area contributed by atoms with Crippen LogP contribution in [0, 0.1) is 0 Å². The largest absolute Gasteiger partial charge is 0.382 e. The van der Waals surface area contributed by atoms with Crippen LogP contribution in [0.1, 0.15) is 41.3 Å². The Kier molecular flexibility index (Phi) is 6.93. The Morgan fingerprint density at radius 2 is 2.25 bits per heavy atom. The van der Waals surface area contributed by atoms with Gasteiger partial charge in [0.1, 0.15) is 0 Å². The summed E-state index contributed by atoms with van der Waals surface area (Å²) in [5.74, 6) is 0.609. The Bertz CT molecular complexity index is 395. The molecule has 114 valence electrons. The molecular formula is C15H26N2O2S. The molecule has 0 bridgehead atoms. The quantitative estimate of drug-likeness (QED) is 0.711. The molecule has 1 heterocycles. The van der Waals surface area contributed by atoms with E-state index in [-0.39, 0.29) is 0 Å². The molecule has 4 nitrogen and oxygen atoms in total. The molecule has 0 aliphatic heterocycles. The molecular weight excluding hydrogens is 272 g/mol. The maximum Gasteiger partial charge on any atom is 0.0954 e. The second-order valence-electron chi connectivity index (χ2n) is 5.17. The van der Waals surface area contributed by atoms with Crippen LogP contribution in [0.15, 0.2) is 0 Å². The van der Waals surface area contributed by atoms with E-state index in [1.807, 2.05) is 11.3 Å². The lowest BCUT2D eigenvalue weighted by Gasteiger charge is -2.21. The standard InChI is InChI=1S/C15H26N2O2S/c1-3-16-11-12-5-4-6-13-15(12)17-14(20-13)7-8-19-10-9-18-2/h12,16H,3-11H2,1-2H3. The molecule has 1 aromatic heterocycles. The number of rotatable bonds is 9. The number of aromatic nitrogens is 1. The average molecular weight is 298 g/mol. The summed E-state index contributed by atoms with van der Waals surface area (Å²) in [5, 5.41) is 4.69.